The maximum atomic E-state index is 12.8. The molecule has 0 aliphatic carbocycles. The molecule has 1 N–H and O–H groups in total. The number of amides is 1. The summed E-state index contributed by atoms with van der Waals surface area (Å²) < 4.78 is 15.3. The van der Waals surface area contributed by atoms with Gasteiger partial charge < -0.3 is 19.2 Å². The molecule has 0 radical (unpaired) electrons. The first kappa shape index (κ1) is 21.3. The van der Waals surface area contributed by atoms with Crippen molar-refractivity contribution in [1.82, 2.24) is 4.98 Å². The maximum Gasteiger partial charge on any atom is 0.338 e. The van der Waals surface area contributed by atoms with Crippen LogP contribution >= 0.6 is 11.3 Å². The van der Waals surface area contributed by atoms with Crippen molar-refractivity contribution in [3.05, 3.63) is 58.3 Å². The van der Waals surface area contributed by atoms with E-state index in [0.29, 0.717) is 15.6 Å². The third kappa shape index (κ3) is 4.74. The molecular formula is C21H20N2O6S. The molecule has 8 nitrogen and oxygen atoms in total. The maximum absolute atomic E-state index is 12.8. The quantitative estimate of drug-likeness (QED) is 0.558. The van der Waals surface area contributed by atoms with E-state index in [4.69, 9.17) is 13.9 Å². The van der Waals surface area contributed by atoms with Crippen molar-refractivity contribution in [3.8, 4) is 10.8 Å². The molecule has 2 heterocycles. The number of esters is 2. The number of hydrogen-bond donors (Lipinski definition) is 1. The molecule has 2 aromatic heterocycles. The van der Waals surface area contributed by atoms with Gasteiger partial charge in [0.1, 0.15) is 5.69 Å². The van der Waals surface area contributed by atoms with Gasteiger partial charge in [-0.05, 0) is 51.1 Å². The molecule has 156 valence electrons. The third-order valence-corrected chi connectivity index (χ3v) is 4.94. The number of aromatic nitrogens is 1. The molecule has 3 rings (SSSR count). The van der Waals surface area contributed by atoms with Crippen LogP contribution in [-0.4, -0.2) is 36.0 Å². The van der Waals surface area contributed by atoms with E-state index in [2.05, 4.69) is 10.3 Å². The molecule has 0 bridgehead atoms. The average molecular weight is 428 g/mol. The molecular weight excluding hydrogens is 408 g/mol. The summed E-state index contributed by atoms with van der Waals surface area (Å²) in [6.07, 6.45) is 1.53. The number of anilines is 1. The lowest BCUT2D eigenvalue weighted by atomic mass is 10.1. The number of furan rings is 1. The van der Waals surface area contributed by atoms with Crippen LogP contribution in [0.15, 0.2) is 41.0 Å². The van der Waals surface area contributed by atoms with Gasteiger partial charge in [-0.1, -0.05) is 0 Å². The van der Waals surface area contributed by atoms with Gasteiger partial charge in [-0.3, -0.25) is 4.79 Å². The summed E-state index contributed by atoms with van der Waals surface area (Å²) in [7, 11) is 0. The van der Waals surface area contributed by atoms with E-state index in [9.17, 15) is 14.4 Å². The second-order valence-electron chi connectivity index (χ2n) is 6.10. The molecule has 0 atom stereocenters. The van der Waals surface area contributed by atoms with Gasteiger partial charge in [0, 0.05) is 10.6 Å². The van der Waals surface area contributed by atoms with Crippen molar-refractivity contribution in [3.63, 3.8) is 0 Å². The smallest absolute Gasteiger partial charge is 0.338 e. The van der Waals surface area contributed by atoms with E-state index < -0.39 is 17.8 Å². The molecule has 0 spiro atoms. The number of carbonyl (C=O) groups is 3. The Kier molecular flexibility index (Phi) is 6.63. The molecule has 30 heavy (non-hydrogen) atoms. The first-order chi connectivity index (χ1) is 14.4. The summed E-state index contributed by atoms with van der Waals surface area (Å²) in [6, 6.07) is 7.74. The zero-order valence-electron chi connectivity index (χ0n) is 16.7. The van der Waals surface area contributed by atoms with Crippen LogP contribution in [0.1, 0.15) is 49.9 Å². The Morgan fingerprint density at radius 1 is 1.07 bits per heavy atom. The number of carbonyl (C=O) groups excluding carboxylic acids is 3. The van der Waals surface area contributed by atoms with Gasteiger partial charge in [-0.15, -0.1) is 11.3 Å². The minimum Gasteiger partial charge on any atom is -0.462 e. The summed E-state index contributed by atoms with van der Waals surface area (Å²) in [5.74, 6) is -1.12. The van der Waals surface area contributed by atoms with Gasteiger partial charge in [0.05, 0.1) is 30.6 Å². The summed E-state index contributed by atoms with van der Waals surface area (Å²) >= 11 is 1.33. The molecule has 0 saturated carbocycles. The van der Waals surface area contributed by atoms with E-state index >= 15 is 0 Å². The molecule has 1 amide bonds. The molecule has 0 aliphatic rings. The average Bonchev–Trinajstić information content (AvgIpc) is 3.37. The number of hydrogen-bond acceptors (Lipinski definition) is 8. The highest BCUT2D eigenvalue weighted by molar-refractivity contribution is 7.15. The highest BCUT2D eigenvalue weighted by Crippen LogP contribution is 2.28. The van der Waals surface area contributed by atoms with E-state index in [-0.39, 0.29) is 35.7 Å². The fraction of sp³-hybridized carbons (Fsp3) is 0.238. The number of benzene rings is 1. The van der Waals surface area contributed by atoms with Crippen molar-refractivity contribution in [1.29, 1.82) is 0 Å². The van der Waals surface area contributed by atoms with Crippen molar-refractivity contribution < 1.29 is 28.3 Å². The van der Waals surface area contributed by atoms with E-state index in [1.807, 2.05) is 0 Å². The first-order valence-corrected chi connectivity index (χ1v) is 10.1. The summed E-state index contributed by atoms with van der Waals surface area (Å²) in [5, 5.41) is 3.27. The second-order valence-corrected chi connectivity index (χ2v) is 7.30. The minimum atomic E-state index is -0.607. The zero-order valence-corrected chi connectivity index (χ0v) is 17.5. The normalized spacial score (nSPS) is 10.5. The lowest BCUT2D eigenvalue weighted by molar-refractivity contribution is 0.0525. The Labute approximate surface area is 176 Å². The predicted octanol–water partition coefficient (Wildman–Crippen LogP) is 4.32. The topological polar surface area (TPSA) is 108 Å². The van der Waals surface area contributed by atoms with Gasteiger partial charge in [-0.2, -0.15) is 0 Å². The Balaban J connectivity index is 1.90. The lowest BCUT2D eigenvalue weighted by Gasteiger charge is -2.10. The molecule has 9 heteroatoms. The SMILES string of the molecule is CCOC(=O)c1cc(NC(=O)c2nc(-c3ccco3)sc2C)cc(C(=O)OCC)c1. The highest BCUT2D eigenvalue weighted by Gasteiger charge is 2.20. The minimum absolute atomic E-state index is 0.129. The van der Waals surface area contributed by atoms with Gasteiger partial charge in [0.25, 0.3) is 5.91 Å². The van der Waals surface area contributed by atoms with E-state index in [0.717, 1.165) is 0 Å². The van der Waals surface area contributed by atoms with Crippen molar-refractivity contribution in [2.45, 2.75) is 20.8 Å². The molecule has 1 aromatic carbocycles. The summed E-state index contributed by atoms with van der Waals surface area (Å²) in [5.41, 5.74) is 0.735. The fourth-order valence-corrected chi connectivity index (χ4v) is 3.55. The zero-order chi connectivity index (χ0) is 21.7. The number of thiazole rings is 1. The number of ether oxygens (including phenoxy) is 2. The molecule has 3 aromatic rings. The van der Waals surface area contributed by atoms with Gasteiger partial charge in [0.15, 0.2) is 10.8 Å². The van der Waals surface area contributed by atoms with Crippen LogP contribution in [0.2, 0.25) is 0 Å². The van der Waals surface area contributed by atoms with Crippen LogP contribution in [0, 0.1) is 6.92 Å². The monoisotopic (exact) mass is 428 g/mol. The number of nitrogens with one attached hydrogen (secondary N) is 1. The van der Waals surface area contributed by atoms with Gasteiger partial charge in [-0.25, -0.2) is 14.6 Å². The fourth-order valence-electron chi connectivity index (χ4n) is 2.67. The van der Waals surface area contributed by atoms with Crippen LogP contribution < -0.4 is 5.32 Å². The van der Waals surface area contributed by atoms with Crippen LogP contribution in [0.5, 0.6) is 0 Å². The summed E-state index contributed by atoms with van der Waals surface area (Å²) in [6.45, 7) is 5.49. The predicted molar refractivity (Wildman–Crippen MR) is 111 cm³/mol. The number of rotatable bonds is 7. The molecule has 0 fully saturated rings. The van der Waals surface area contributed by atoms with E-state index in [1.54, 1.807) is 32.9 Å². The van der Waals surface area contributed by atoms with Crippen LogP contribution in [0.4, 0.5) is 5.69 Å². The van der Waals surface area contributed by atoms with Crippen molar-refractivity contribution in [2.24, 2.45) is 0 Å². The Morgan fingerprint density at radius 2 is 1.70 bits per heavy atom. The highest BCUT2D eigenvalue weighted by atomic mass is 32.1. The standard InChI is InChI=1S/C21H20N2O6S/c1-4-27-20(25)13-9-14(21(26)28-5-2)11-15(10-13)22-18(24)17-12(3)30-19(23-17)16-7-6-8-29-16/h6-11H,4-5H2,1-3H3,(H,22,24). The third-order valence-electron chi connectivity index (χ3n) is 3.96. The van der Waals surface area contributed by atoms with Crippen LogP contribution in [-0.2, 0) is 9.47 Å². The van der Waals surface area contributed by atoms with Gasteiger partial charge in [0.2, 0.25) is 0 Å². The van der Waals surface area contributed by atoms with Crippen LogP contribution in [0.3, 0.4) is 0 Å². The number of nitrogens with zero attached hydrogens (tertiary/aromatic N) is 1. The largest absolute Gasteiger partial charge is 0.462 e. The molecule has 0 saturated heterocycles. The number of aryl methyl sites for hydroxylation is 1. The van der Waals surface area contributed by atoms with E-state index in [1.165, 1.54) is 35.8 Å². The second kappa shape index (κ2) is 9.36. The van der Waals surface area contributed by atoms with Crippen molar-refractivity contribution in [2.75, 3.05) is 18.5 Å². The van der Waals surface area contributed by atoms with Crippen molar-refractivity contribution >= 4 is 34.9 Å². The Hall–Kier alpha value is -3.46. The van der Waals surface area contributed by atoms with Crippen LogP contribution in [0.25, 0.3) is 10.8 Å². The molecule has 0 unspecified atom stereocenters. The molecule has 0 aliphatic heterocycles. The Bertz CT molecular complexity index is 1040. The van der Waals surface area contributed by atoms with Gasteiger partial charge >= 0.3 is 11.9 Å². The lowest BCUT2D eigenvalue weighted by Crippen LogP contribution is -2.16. The Morgan fingerprint density at radius 3 is 2.23 bits per heavy atom. The first-order valence-electron chi connectivity index (χ1n) is 9.24. The summed E-state index contributed by atoms with van der Waals surface area (Å²) in [4.78, 5) is 42.2.